The highest BCUT2D eigenvalue weighted by Gasteiger charge is 2.14. The van der Waals surface area contributed by atoms with Crippen molar-refractivity contribution >= 4 is 23.2 Å². The Bertz CT molecular complexity index is 918. The van der Waals surface area contributed by atoms with Crippen molar-refractivity contribution < 1.29 is 4.79 Å². The average Bonchev–Trinajstić information content (AvgIpc) is 2.60. The molecule has 2 aromatic carbocycles. The van der Waals surface area contributed by atoms with Gasteiger partial charge in [-0.25, -0.2) is 9.97 Å². The van der Waals surface area contributed by atoms with E-state index >= 15 is 0 Å². The lowest BCUT2D eigenvalue weighted by molar-refractivity contribution is 0.102. The minimum absolute atomic E-state index is 0.247. The fraction of sp³-hybridized carbons (Fsp3) is 0.190. The van der Waals surface area contributed by atoms with Gasteiger partial charge in [-0.3, -0.25) is 4.79 Å². The first-order valence-corrected chi connectivity index (χ1v) is 8.46. The minimum atomic E-state index is -0.247. The summed E-state index contributed by atoms with van der Waals surface area (Å²) in [6.45, 7) is 5.87. The standard InChI is InChI=1S/C21H22N4O/c1-14-10-15(2)12-17(11-14)23-20(26)19-13-16(3)22-21(24-19)25(4)18-8-6-5-7-9-18/h5-13H,1-4H3,(H,23,26). The normalized spacial score (nSPS) is 10.5. The van der Waals surface area contributed by atoms with Crippen molar-refractivity contribution in [2.75, 3.05) is 17.3 Å². The lowest BCUT2D eigenvalue weighted by atomic mass is 10.1. The van der Waals surface area contributed by atoms with E-state index < -0.39 is 0 Å². The van der Waals surface area contributed by atoms with Crippen LogP contribution in [0.2, 0.25) is 0 Å². The second-order valence-corrected chi connectivity index (χ2v) is 6.42. The summed E-state index contributed by atoms with van der Waals surface area (Å²) in [4.78, 5) is 23.5. The van der Waals surface area contributed by atoms with Gasteiger partial charge in [0, 0.05) is 24.1 Å². The highest BCUT2D eigenvalue weighted by atomic mass is 16.1. The van der Waals surface area contributed by atoms with Crippen molar-refractivity contribution in [2.24, 2.45) is 0 Å². The number of nitrogens with one attached hydrogen (secondary N) is 1. The third-order valence-electron chi connectivity index (χ3n) is 4.00. The zero-order valence-corrected chi connectivity index (χ0v) is 15.4. The molecule has 3 rings (SSSR count). The van der Waals surface area contributed by atoms with Gasteiger partial charge in [-0.05, 0) is 62.2 Å². The molecular formula is C21H22N4O. The molecule has 1 aromatic heterocycles. The average molecular weight is 346 g/mol. The quantitative estimate of drug-likeness (QED) is 0.759. The van der Waals surface area contributed by atoms with E-state index in [1.54, 1.807) is 6.07 Å². The maximum atomic E-state index is 12.7. The number of benzene rings is 2. The largest absolute Gasteiger partial charge is 0.321 e. The van der Waals surface area contributed by atoms with Gasteiger partial charge in [0.15, 0.2) is 0 Å². The molecule has 0 unspecified atom stereocenters. The van der Waals surface area contributed by atoms with E-state index in [4.69, 9.17) is 0 Å². The molecule has 5 heteroatoms. The van der Waals surface area contributed by atoms with E-state index in [1.165, 1.54) is 0 Å². The molecule has 1 amide bonds. The van der Waals surface area contributed by atoms with Gasteiger partial charge >= 0.3 is 0 Å². The van der Waals surface area contributed by atoms with Crippen LogP contribution in [0.4, 0.5) is 17.3 Å². The number of hydrogen-bond acceptors (Lipinski definition) is 4. The van der Waals surface area contributed by atoms with Gasteiger partial charge < -0.3 is 10.2 Å². The molecule has 0 bridgehead atoms. The van der Waals surface area contributed by atoms with Crippen molar-refractivity contribution in [3.05, 3.63) is 77.1 Å². The smallest absolute Gasteiger partial charge is 0.274 e. The fourth-order valence-electron chi connectivity index (χ4n) is 2.83. The van der Waals surface area contributed by atoms with E-state index in [2.05, 4.69) is 21.4 Å². The third kappa shape index (κ3) is 4.06. The lowest BCUT2D eigenvalue weighted by Crippen LogP contribution is -2.19. The predicted octanol–water partition coefficient (Wildman–Crippen LogP) is 4.42. The highest BCUT2D eigenvalue weighted by molar-refractivity contribution is 6.03. The van der Waals surface area contributed by atoms with Crippen LogP contribution in [0.1, 0.15) is 27.3 Å². The molecule has 1 N–H and O–H groups in total. The van der Waals surface area contributed by atoms with Crippen molar-refractivity contribution in [3.63, 3.8) is 0 Å². The molecular weight excluding hydrogens is 324 g/mol. The first-order valence-electron chi connectivity index (χ1n) is 8.46. The van der Waals surface area contributed by atoms with Crippen LogP contribution in [-0.2, 0) is 0 Å². The summed E-state index contributed by atoms with van der Waals surface area (Å²) < 4.78 is 0. The Morgan fingerprint density at radius 3 is 2.23 bits per heavy atom. The lowest BCUT2D eigenvalue weighted by Gasteiger charge is -2.18. The molecule has 132 valence electrons. The van der Waals surface area contributed by atoms with Gasteiger partial charge in [0.1, 0.15) is 5.69 Å². The van der Waals surface area contributed by atoms with Crippen LogP contribution in [0.3, 0.4) is 0 Å². The number of carbonyl (C=O) groups excluding carboxylic acids is 1. The maximum Gasteiger partial charge on any atom is 0.274 e. The summed E-state index contributed by atoms with van der Waals surface area (Å²) >= 11 is 0. The Morgan fingerprint density at radius 1 is 0.923 bits per heavy atom. The number of para-hydroxylation sites is 1. The summed E-state index contributed by atoms with van der Waals surface area (Å²) in [6, 6.07) is 17.5. The van der Waals surface area contributed by atoms with Crippen LogP contribution in [0.25, 0.3) is 0 Å². The summed E-state index contributed by atoms with van der Waals surface area (Å²) in [5.41, 5.74) is 5.01. The molecule has 0 radical (unpaired) electrons. The molecule has 3 aromatic rings. The van der Waals surface area contributed by atoms with Crippen LogP contribution in [0.15, 0.2) is 54.6 Å². The summed E-state index contributed by atoms with van der Waals surface area (Å²) in [5.74, 6) is 0.241. The van der Waals surface area contributed by atoms with E-state index in [-0.39, 0.29) is 5.91 Å². The van der Waals surface area contributed by atoms with E-state index in [0.29, 0.717) is 11.6 Å². The summed E-state index contributed by atoms with van der Waals surface area (Å²) in [6.07, 6.45) is 0. The second-order valence-electron chi connectivity index (χ2n) is 6.42. The SMILES string of the molecule is Cc1cc(C)cc(NC(=O)c2cc(C)nc(N(C)c3ccccc3)n2)c1. The maximum absolute atomic E-state index is 12.7. The number of nitrogens with zero attached hydrogens (tertiary/aromatic N) is 3. The van der Waals surface area contributed by atoms with Gasteiger partial charge in [0.2, 0.25) is 5.95 Å². The van der Waals surface area contributed by atoms with E-state index in [0.717, 1.165) is 28.2 Å². The van der Waals surface area contributed by atoms with Crippen molar-refractivity contribution in [1.82, 2.24) is 9.97 Å². The number of anilines is 3. The number of aryl methyl sites for hydroxylation is 3. The molecule has 0 aliphatic carbocycles. The summed E-state index contributed by atoms with van der Waals surface area (Å²) in [7, 11) is 1.88. The Hall–Kier alpha value is -3.21. The molecule has 1 heterocycles. The number of carbonyl (C=O) groups is 1. The molecule has 0 aliphatic heterocycles. The Labute approximate surface area is 153 Å². The zero-order valence-electron chi connectivity index (χ0n) is 15.4. The number of aromatic nitrogens is 2. The third-order valence-corrected chi connectivity index (χ3v) is 4.00. The fourth-order valence-corrected chi connectivity index (χ4v) is 2.83. The Morgan fingerprint density at radius 2 is 1.58 bits per heavy atom. The van der Waals surface area contributed by atoms with E-state index in [9.17, 15) is 4.79 Å². The summed E-state index contributed by atoms with van der Waals surface area (Å²) in [5, 5.41) is 2.93. The predicted molar refractivity (Wildman–Crippen MR) is 105 cm³/mol. The van der Waals surface area contributed by atoms with Crippen LogP contribution < -0.4 is 10.2 Å². The molecule has 0 saturated carbocycles. The molecule has 0 fully saturated rings. The van der Waals surface area contributed by atoms with Gasteiger partial charge in [-0.2, -0.15) is 0 Å². The highest BCUT2D eigenvalue weighted by Crippen LogP contribution is 2.21. The monoisotopic (exact) mass is 346 g/mol. The van der Waals surface area contributed by atoms with Gasteiger partial charge in [-0.1, -0.05) is 24.3 Å². The van der Waals surface area contributed by atoms with Crippen LogP contribution in [0, 0.1) is 20.8 Å². The van der Waals surface area contributed by atoms with Gasteiger partial charge in [0.05, 0.1) is 0 Å². The van der Waals surface area contributed by atoms with Crippen LogP contribution >= 0.6 is 0 Å². The Balaban J connectivity index is 1.88. The molecule has 0 spiro atoms. The zero-order chi connectivity index (χ0) is 18.7. The molecule has 0 atom stereocenters. The Kier molecular flexibility index (Phi) is 4.98. The number of hydrogen-bond donors (Lipinski definition) is 1. The number of rotatable bonds is 4. The van der Waals surface area contributed by atoms with Crippen LogP contribution in [0.5, 0.6) is 0 Å². The molecule has 0 saturated heterocycles. The second kappa shape index (κ2) is 7.35. The molecule has 26 heavy (non-hydrogen) atoms. The first-order chi connectivity index (χ1) is 12.4. The molecule has 5 nitrogen and oxygen atoms in total. The van der Waals surface area contributed by atoms with Crippen molar-refractivity contribution in [2.45, 2.75) is 20.8 Å². The first kappa shape index (κ1) is 17.6. The number of amides is 1. The molecule has 0 aliphatic rings. The van der Waals surface area contributed by atoms with Gasteiger partial charge in [-0.15, -0.1) is 0 Å². The van der Waals surface area contributed by atoms with Crippen LogP contribution in [-0.4, -0.2) is 22.9 Å². The van der Waals surface area contributed by atoms with E-state index in [1.807, 2.05) is 75.2 Å². The van der Waals surface area contributed by atoms with Crippen molar-refractivity contribution in [1.29, 1.82) is 0 Å². The van der Waals surface area contributed by atoms with Crippen molar-refractivity contribution in [3.8, 4) is 0 Å². The topological polar surface area (TPSA) is 58.1 Å². The van der Waals surface area contributed by atoms with Gasteiger partial charge in [0.25, 0.3) is 5.91 Å². The minimum Gasteiger partial charge on any atom is -0.321 e.